The molecule has 0 aliphatic rings. The van der Waals surface area contributed by atoms with Crippen LogP contribution < -0.4 is 14.8 Å². The minimum absolute atomic E-state index is 0.164. The van der Waals surface area contributed by atoms with Crippen molar-refractivity contribution in [3.05, 3.63) is 84.2 Å². The first-order valence-corrected chi connectivity index (χ1v) is 10.4. The second-order valence-corrected chi connectivity index (χ2v) is 7.62. The van der Waals surface area contributed by atoms with Crippen molar-refractivity contribution in [2.75, 3.05) is 12.4 Å². The lowest BCUT2D eigenvalue weighted by Crippen LogP contribution is -2.12. The van der Waals surface area contributed by atoms with Gasteiger partial charge in [0.25, 0.3) is 5.91 Å². The van der Waals surface area contributed by atoms with Crippen LogP contribution in [-0.4, -0.2) is 28.2 Å². The second-order valence-electron chi connectivity index (χ2n) is 6.64. The minimum atomic E-state index is -0.307. The number of ether oxygens (including phenoxy) is 2. The van der Waals surface area contributed by atoms with Crippen molar-refractivity contribution >= 4 is 22.4 Å². The smallest absolute Gasteiger partial charge is 0.257 e. The van der Waals surface area contributed by atoms with Crippen LogP contribution in [0.5, 0.6) is 11.5 Å². The van der Waals surface area contributed by atoms with Crippen LogP contribution in [0.2, 0.25) is 0 Å². The fourth-order valence-corrected chi connectivity index (χ4v) is 3.69. The summed E-state index contributed by atoms with van der Waals surface area (Å²) >= 11 is 1.29. The Balaban J connectivity index is 1.47. The lowest BCUT2D eigenvalue weighted by molar-refractivity contribution is 0.102. The lowest BCUT2D eigenvalue weighted by Gasteiger charge is -2.17. The summed E-state index contributed by atoms with van der Waals surface area (Å²) in [6, 6.07) is 18.6. The van der Waals surface area contributed by atoms with Gasteiger partial charge in [-0.05, 0) is 42.8 Å². The second kappa shape index (κ2) is 9.36. The Morgan fingerprint density at radius 1 is 1.00 bits per heavy atom. The van der Waals surface area contributed by atoms with E-state index in [9.17, 15) is 4.79 Å². The predicted octanol–water partition coefficient (Wildman–Crippen LogP) is 5.00. The molecule has 0 radical (unpaired) electrons. The van der Waals surface area contributed by atoms with E-state index < -0.39 is 0 Å². The van der Waals surface area contributed by atoms with Crippen LogP contribution in [0.1, 0.15) is 28.9 Å². The molecule has 0 bridgehead atoms. The van der Waals surface area contributed by atoms with Gasteiger partial charge in [-0.15, -0.1) is 10.2 Å². The van der Waals surface area contributed by atoms with E-state index in [1.165, 1.54) is 11.3 Å². The first-order chi connectivity index (χ1) is 15.1. The average molecular weight is 433 g/mol. The molecule has 1 atom stereocenters. The van der Waals surface area contributed by atoms with Crippen molar-refractivity contribution in [3.63, 3.8) is 0 Å². The molecule has 0 saturated heterocycles. The fourth-order valence-electron chi connectivity index (χ4n) is 2.94. The summed E-state index contributed by atoms with van der Waals surface area (Å²) in [4.78, 5) is 16.7. The number of carbonyl (C=O) groups excluding carboxylic acids is 1. The topological polar surface area (TPSA) is 86.2 Å². The highest BCUT2D eigenvalue weighted by Crippen LogP contribution is 2.32. The predicted molar refractivity (Wildman–Crippen MR) is 120 cm³/mol. The monoisotopic (exact) mass is 432 g/mol. The summed E-state index contributed by atoms with van der Waals surface area (Å²) in [6.07, 6.45) is 3.20. The number of anilines is 1. The number of pyridine rings is 1. The first kappa shape index (κ1) is 20.5. The van der Waals surface area contributed by atoms with E-state index in [1.54, 1.807) is 37.7 Å². The van der Waals surface area contributed by atoms with Gasteiger partial charge in [-0.2, -0.15) is 0 Å². The minimum Gasteiger partial charge on any atom is -0.493 e. The van der Waals surface area contributed by atoms with E-state index in [2.05, 4.69) is 20.5 Å². The van der Waals surface area contributed by atoms with E-state index in [0.717, 1.165) is 11.1 Å². The molecule has 0 spiro atoms. The highest BCUT2D eigenvalue weighted by molar-refractivity contribution is 7.18. The molecule has 31 heavy (non-hydrogen) atoms. The van der Waals surface area contributed by atoms with Crippen molar-refractivity contribution in [3.8, 4) is 22.1 Å². The maximum absolute atomic E-state index is 12.7. The van der Waals surface area contributed by atoms with Crippen LogP contribution in [0.4, 0.5) is 5.13 Å². The molecule has 4 aromatic rings. The Kier molecular flexibility index (Phi) is 6.18. The molecule has 2 aromatic heterocycles. The average Bonchev–Trinajstić information content (AvgIpc) is 3.29. The third-order valence-corrected chi connectivity index (χ3v) is 5.46. The van der Waals surface area contributed by atoms with Gasteiger partial charge in [0, 0.05) is 23.5 Å². The molecule has 0 aliphatic heterocycles. The number of rotatable bonds is 7. The SMILES string of the molecule is COc1cc(C(=O)Nc2nnc(-c3ccncc3)s2)ccc1O[C@@H](C)c1ccccc1. The normalized spacial score (nSPS) is 11.5. The number of aromatic nitrogens is 3. The molecule has 0 aliphatic carbocycles. The number of methoxy groups -OCH3 is 1. The Hall–Kier alpha value is -3.78. The summed E-state index contributed by atoms with van der Waals surface area (Å²) in [6.45, 7) is 1.96. The lowest BCUT2D eigenvalue weighted by atomic mass is 10.1. The van der Waals surface area contributed by atoms with Gasteiger partial charge < -0.3 is 9.47 Å². The van der Waals surface area contributed by atoms with Gasteiger partial charge in [0.1, 0.15) is 11.1 Å². The number of nitrogens with zero attached hydrogens (tertiary/aromatic N) is 3. The summed E-state index contributed by atoms with van der Waals surface area (Å²) in [5.41, 5.74) is 2.37. The van der Waals surface area contributed by atoms with Crippen LogP contribution in [-0.2, 0) is 0 Å². The van der Waals surface area contributed by atoms with Crippen molar-refractivity contribution < 1.29 is 14.3 Å². The van der Waals surface area contributed by atoms with E-state index in [0.29, 0.717) is 27.2 Å². The van der Waals surface area contributed by atoms with Crippen molar-refractivity contribution in [2.24, 2.45) is 0 Å². The van der Waals surface area contributed by atoms with Gasteiger partial charge in [0.05, 0.1) is 7.11 Å². The van der Waals surface area contributed by atoms with Gasteiger partial charge in [-0.1, -0.05) is 41.7 Å². The van der Waals surface area contributed by atoms with Gasteiger partial charge >= 0.3 is 0 Å². The zero-order valence-electron chi connectivity index (χ0n) is 17.0. The molecular formula is C23H20N4O3S. The molecule has 1 N–H and O–H groups in total. The zero-order chi connectivity index (χ0) is 21.6. The van der Waals surface area contributed by atoms with E-state index >= 15 is 0 Å². The maximum atomic E-state index is 12.7. The molecular weight excluding hydrogens is 412 g/mol. The van der Waals surface area contributed by atoms with Crippen LogP contribution >= 0.6 is 11.3 Å². The molecule has 2 aromatic carbocycles. The number of nitrogens with one attached hydrogen (secondary N) is 1. The summed E-state index contributed by atoms with van der Waals surface area (Å²) < 4.78 is 11.5. The number of amides is 1. The van der Waals surface area contributed by atoms with Crippen molar-refractivity contribution in [1.29, 1.82) is 0 Å². The fraction of sp³-hybridized carbons (Fsp3) is 0.130. The van der Waals surface area contributed by atoms with E-state index in [1.807, 2.05) is 49.4 Å². The van der Waals surface area contributed by atoms with Crippen LogP contribution in [0, 0.1) is 0 Å². The zero-order valence-corrected chi connectivity index (χ0v) is 17.8. The van der Waals surface area contributed by atoms with Crippen LogP contribution in [0.15, 0.2) is 73.1 Å². The molecule has 156 valence electrons. The standard InChI is InChI=1S/C23H20N4O3S/c1-15(16-6-4-3-5-7-16)30-19-9-8-18(14-20(19)29-2)21(28)25-23-27-26-22(31-23)17-10-12-24-13-11-17/h3-15H,1-2H3,(H,25,27,28)/t15-/m0/s1. The quantitative estimate of drug-likeness (QED) is 0.442. The Morgan fingerprint density at radius 3 is 2.52 bits per heavy atom. The molecule has 4 rings (SSSR count). The first-order valence-electron chi connectivity index (χ1n) is 9.59. The Labute approximate surface area is 183 Å². The van der Waals surface area contributed by atoms with E-state index in [4.69, 9.17) is 9.47 Å². The highest BCUT2D eigenvalue weighted by atomic mass is 32.1. The van der Waals surface area contributed by atoms with Crippen molar-refractivity contribution in [1.82, 2.24) is 15.2 Å². The highest BCUT2D eigenvalue weighted by Gasteiger charge is 2.16. The molecule has 8 heteroatoms. The largest absolute Gasteiger partial charge is 0.493 e. The number of carbonyl (C=O) groups is 1. The maximum Gasteiger partial charge on any atom is 0.257 e. The summed E-state index contributed by atoms with van der Waals surface area (Å²) in [7, 11) is 1.54. The number of hydrogen-bond donors (Lipinski definition) is 1. The van der Waals surface area contributed by atoms with E-state index in [-0.39, 0.29) is 12.0 Å². The summed E-state index contributed by atoms with van der Waals surface area (Å²) in [5, 5.41) is 12.1. The molecule has 0 fully saturated rings. The van der Waals surface area contributed by atoms with Gasteiger partial charge in [0.2, 0.25) is 5.13 Å². The van der Waals surface area contributed by atoms with Crippen LogP contribution in [0.3, 0.4) is 0 Å². The van der Waals surface area contributed by atoms with Crippen molar-refractivity contribution in [2.45, 2.75) is 13.0 Å². The Morgan fingerprint density at radius 2 is 1.77 bits per heavy atom. The number of benzene rings is 2. The molecule has 7 nitrogen and oxygen atoms in total. The summed E-state index contributed by atoms with van der Waals surface area (Å²) in [5.74, 6) is 0.731. The van der Waals surface area contributed by atoms with Gasteiger partial charge in [0.15, 0.2) is 11.5 Å². The molecule has 0 unspecified atom stereocenters. The number of hydrogen-bond acceptors (Lipinski definition) is 7. The molecule has 0 saturated carbocycles. The third-order valence-electron chi connectivity index (χ3n) is 4.57. The Bertz CT molecular complexity index is 1170. The van der Waals surface area contributed by atoms with Gasteiger partial charge in [-0.25, -0.2) is 0 Å². The molecule has 1 amide bonds. The third kappa shape index (κ3) is 4.87. The van der Waals surface area contributed by atoms with Crippen LogP contribution in [0.25, 0.3) is 10.6 Å². The molecule has 2 heterocycles. The van der Waals surface area contributed by atoms with Gasteiger partial charge in [-0.3, -0.25) is 15.1 Å².